The van der Waals surface area contributed by atoms with Gasteiger partial charge in [0, 0.05) is 54.5 Å². The van der Waals surface area contributed by atoms with Gasteiger partial charge in [-0.25, -0.2) is 0 Å². The Bertz CT molecular complexity index is 1080. The van der Waals surface area contributed by atoms with Gasteiger partial charge in [0.1, 0.15) is 0 Å². The molecule has 0 radical (unpaired) electrons. The molecule has 0 saturated heterocycles. The maximum atomic E-state index is 12.7. The average molecular weight is 464 g/mol. The second-order valence-corrected chi connectivity index (χ2v) is 8.34. The highest BCUT2D eigenvalue weighted by atomic mass is 16.2. The third-order valence-corrected chi connectivity index (χ3v) is 6.69. The summed E-state index contributed by atoms with van der Waals surface area (Å²) in [6.45, 7) is 1.52. The third-order valence-electron chi connectivity index (χ3n) is 6.69. The van der Waals surface area contributed by atoms with E-state index in [-0.39, 0.29) is 0 Å². The van der Waals surface area contributed by atoms with Crippen LogP contribution in [0.15, 0.2) is 48.6 Å². The molecule has 4 aliphatic heterocycles. The molecule has 1 aliphatic carbocycles. The van der Waals surface area contributed by atoms with Crippen LogP contribution in [0.1, 0.15) is 6.92 Å². The lowest BCUT2D eigenvalue weighted by Gasteiger charge is -2.39. The van der Waals surface area contributed by atoms with E-state index in [1.807, 2.05) is 0 Å². The van der Waals surface area contributed by atoms with Crippen molar-refractivity contribution in [2.75, 3.05) is 0 Å². The van der Waals surface area contributed by atoms with Crippen LogP contribution in [-0.4, -0.2) is 91.0 Å². The summed E-state index contributed by atoms with van der Waals surface area (Å²) in [4.78, 5) is 105. The number of imide groups is 4. The highest BCUT2D eigenvalue weighted by molar-refractivity contribution is 6.17. The van der Waals surface area contributed by atoms with Gasteiger partial charge in [-0.2, -0.15) is 0 Å². The highest BCUT2D eigenvalue weighted by Crippen LogP contribution is 2.43. The van der Waals surface area contributed by atoms with Gasteiger partial charge in [-0.15, -0.1) is 0 Å². The Kier molecular flexibility index (Phi) is 4.57. The molecular weight excluding hydrogens is 448 g/mol. The number of hydrogen-bond donors (Lipinski definition) is 0. The molecule has 172 valence electrons. The molecule has 12 heteroatoms. The van der Waals surface area contributed by atoms with Gasteiger partial charge in [0.05, 0.1) is 24.2 Å². The van der Waals surface area contributed by atoms with Crippen molar-refractivity contribution in [3.63, 3.8) is 0 Å². The quantitative estimate of drug-likeness (QED) is 0.426. The Hall–Kier alpha value is -4.48. The van der Waals surface area contributed by atoms with Crippen LogP contribution >= 0.6 is 0 Å². The minimum absolute atomic E-state index is 0.729. The summed E-state index contributed by atoms with van der Waals surface area (Å²) in [5.41, 5.74) is 0. The smallest absolute Gasteiger partial charge is 0.254 e. The number of nitrogens with zero attached hydrogens (tertiary/aromatic N) is 4. The summed E-state index contributed by atoms with van der Waals surface area (Å²) < 4.78 is 0. The Morgan fingerprint density at radius 1 is 0.382 bits per heavy atom. The van der Waals surface area contributed by atoms with E-state index in [0.29, 0.717) is 0 Å². The van der Waals surface area contributed by atoms with Crippen molar-refractivity contribution in [2.24, 2.45) is 5.92 Å². The second-order valence-electron chi connectivity index (χ2n) is 8.34. The van der Waals surface area contributed by atoms with Gasteiger partial charge < -0.3 is 0 Å². The zero-order valence-electron chi connectivity index (χ0n) is 17.6. The van der Waals surface area contributed by atoms with E-state index in [4.69, 9.17) is 0 Å². The van der Waals surface area contributed by atoms with Crippen LogP contribution < -0.4 is 0 Å². The second kappa shape index (κ2) is 7.27. The molecule has 0 aromatic heterocycles. The molecule has 0 spiro atoms. The van der Waals surface area contributed by atoms with E-state index in [2.05, 4.69) is 0 Å². The standard InChI is InChI=1S/C22H16N4O8/c1-10-19(23-11(27)2-3-12(23)28)21(25-15(31)6-7-16(25)32)22(26-17(33)8-9-18(26)34)20(10)24-13(29)4-5-14(24)30/h2-10,19-22H,1H3. The van der Waals surface area contributed by atoms with Crippen LogP contribution in [-0.2, 0) is 38.4 Å². The first kappa shape index (κ1) is 21.4. The number of carbonyl (C=O) groups excluding carboxylic acids is 8. The molecule has 5 rings (SSSR count). The Morgan fingerprint density at radius 2 is 0.559 bits per heavy atom. The predicted molar refractivity (Wildman–Crippen MR) is 108 cm³/mol. The first-order chi connectivity index (χ1) is 16.1. The predicted octanol–water partition coefficient (Wildman–Crippen LogP) is -2.19. The first-order valence-corrected chi connectivity index (χ1v) is 10.3. The maximum absolute atomic E-state index is 12.7. The SMILES string of the molecule is CC1C(N2C(=O)C=CC2=O)C(N2C(=O)C=CC2=O)C(N2C(=O)C=CC2=O)C1N1C(=O)C=CC1=O. The molecule has 0 N–H and O–H groups in total. The van der Waals surface area contributed by atoms with E-state index in [1.165, 1.54) is 6.92 Å². The van der Waals surface area contributed by atoms with Crippen LogP contribution in [0.2, 0.25) is 0 Å². The molecule has 4 unspecified atom stereocenters. The molecule has 4 heterocycles. The minimum Gasteiger partial charge on any atom is -0.270 e. The molecule has 0 aromatic carbocycles. The van der Waals surface area contributed by atoms with Crippen molar-refractivity contribution in [2.45, 2.75) is 31.1 Å². The summed E-state index contributed by atoms with van der Waals surface area (Å²) in [6, 6.07) is -5.28. The molecule has 34 heavy (non-hydrogen) atoms. The van der Waals surface area contributed by atoms with Crippen LogP contribution in [0.25, 0.3) is 0 Å². The number of amides is 8. The molecular formula is C22H16N4O8. The number of carbonyl (C=O) groups is 8. The zero-order valence-corrected chi connectivity index (χ0v) is 17.6. The molecule has 0 aromatic rings. The third kappa shape index (κ3) is 2.77. The van der Waals surface area contributed by atoms with Gasteiger partial charge in [0.25, 0.3) is 47.3 Å². The van der Waals surface area contributed by atoms with Gasteiger partial charge in [-0.1, -0.05) is 6.92 Å². The Balaban J connectivity index is 1.72. The fourth-order valence-electron chi connectivity index (χ4n) is 5.44. The van der Waals surface area contributed by atoms with Gasteiger partial charge in [0.2, 0.25) is 0 Å². The van der Waals surface area contributed by atoms with Crippen LogP contribution in [0.4, 0.5) is 0 Å². The van der Waals surface area contributed by atoms with Crippen molar-refractivity contribution in [3.8, 4) is 0 Å². The average Bonchev–Trinajstić information content (AvgIpc) is 3.54. The van der Waals surface area contributed by atoms with E-state index in [0.717, 1.165) is 68.2 Å². The van der Waals surface area contributed by atoms with Gasteiger partial charge in [-0.05, 0) is 0 Å². The molecule has 0 bridgehead atoms. The molecule has 1 fully saturated rings. The lowest BCUT2D eigenvalue weighted by molar-refractivity contribution is -0.153. The molecule has 1 saturated carbocycles. The van der Waals surface area contributed by atoms with Crippen LogP contribution in [0.5, 0.6) is 0 Å². The zero-order chi connectivity index (χ0) is 24.5. The van der Waals surface area contributed by atoms with E-state index in [1.54, 1.807) is 0 Å². The summed E-state index contributed by atoms with van der Waals surface area (Å²) in [6.07, 6.45) is 8.01. The number of rotatable bonds is 4. The van der Waals surface area contributed by atoms with Crippen molar-refractivity contribution < 1.29 is 38.4 Å². The summed E-state index contributed by atoms with van der Waals surface area (Å²) in [5.74, 6) is -6.97. The number of hydrogen-bond acceptors (Lipinski definition) is 8. The first-order valence-electron chi connectivity index (χ1n) is 10.3. The topological polar surface area (TPSA) is 150 Å². The summed E-state index contributed by atoms with van der Waals surface area (Å²) >= 11 is 0. The summed E-state index contributed by atoms with van der Waals surface area (Å²) in [5, 5.41) is 0. The lowest BCUT2D eigenvalue weighted by Crippen LogP contribution is -2.63. The van der Waals surface area contributed by atoms with Gasteiger partial charge >= 0.3 is 0 Å². The summed E-state index contributed by atoms with van der Waals surface area (Å²) in [7, 11) is 0. The molecule has 5 aliphatic rings. The Labute approximate surface area is 191 Å². The largest absolute Gasteiger partial charge is 0.270 e. The Morgan fingerprint density at radius 3 is 0.765 bits per heavy atom. The van der Waals surface area contributed by atoms with E-state index < -0.39 is 77.3 Å². The highest BCUT2D eigenvalue weighted by Gasteiger charge is 2.64. The van der Waals surface area contributed by atoms with Crippen molar-refractivity contribution >= 4 is 47.3 Å². The van der Waals surface area contributed by atoms with Crippen molar-refractivity contribution in [1.29, 1.82) is 0 Å². The normalized spacial score (nSPS) is 32.9. The monoisotopic (exact) mass is 464 g/mol. The van der Waals surface area contributed by atoms with E-state index in [9.17, 15) is 38.4 Å². The van der Waals surface area contributed by atoms with Crippen LogP contribution in [0.3, 0.4) is 0 Å². The van der Waals surface area contributed by atoms with Gasteiger partial charge in [0.15, 0.2) is 0 Å². The van der Waals surface area contributed by atoms with Gasteiger partial charge in [-0.3, -0.25) is 58.0 Å². The fourth-order valence-corrected chi connectivity index (χ4v) is 5.44. The van der Waals surface area contributed by atoms with Crippen LogP contribution in [0, 0.1) is 5.92 Å². The van der Waals surface area contributed by atoms with Crippen molar-refractivity contribution in [1.82, 2.24) is 19.6 Å². The molecule has 8 amide bonds. The van der Waals surface area contributed by atoms with Crippen molar-refractivity contribution in [3.05, 3.63) is 48.6 Å². The van der Waals surface area contributed by atoms with E-state index >= 15 is 0 Å². The lowest BCUT2D eigenvalue weighted by atomic mass is 9.98. The molecule has 4 atom stereocenters. The fraction of sp³-hybridized carbons (Fsp3) is 0.273. The molecule has 12 nitrogen and oxygen atoms in total. The minimum atomic E-state index is -1.41. The maximum Gasteiger partial charge on any atom is 0.254 e.